The molecule has 26 heavy (non-hydrogen) atoms. The van der Waals surface area contributed by atoms with Crippen LogP contribution in [0.1, 0.15) is 0 Å². The monoisotopic (exact) mass is 394 g/mol. The Morgan fingerprint density at radius 1 is 1.35 bits per heavy atom. The Morgan fingerprint density at radius 3 is 2.73 bits per heavy atom. The van der Waals surface area contributed by atoms with Crippen molar-refractivity contribution in [2.45, 2.75) is 13.2 Å². The Labute approximate surface area is 161 Å². The smallest absolute Gasteiger partial charge is 0.294 e. The first-order valence-corrected chi connectivity index (χ1v) is 8.92. The van der Waals surface area contributed by atoms with E-state index in [0.29, 0.717) is 41.8 Å². The summed E-state index contributed by atoms with van der Waals surface area (Å²) >= 11 is 11.3. The first kappa shape index (κ1) is 18.6. The Kier molecular flexibility index (Phi) is 5.70. The highest BCUT2D eigenvalue weighted by atomic mass is 35.5. The van der Waals surface area contributed by atoms with Gasteiger partial charge in [0, 0.05) is 43.8 Å². The van der Waals surface area contributed by atoms with Gasteiger partial charge in [0.1, 0.15) is 12.0 Å². The van der Waals surface area contributed by atoms with Crippen LogP contribution >= 0.6 is 23.8 Å². The predicted molar refractivity (Wildman–Crippen MR) is 103 cm³/mol. The topological polar surface area (TPSA) is 72.4 Å². The molecule has 0 aliphatic carbocycles. The molecule has 1 aromatic heterocycles. The highest BCUT2D eigenvalue weighted by molar-refractivity contribution is 7.71. The Bertz CT molecular complexity index is 872. The quantitative estimate of drug-likeness (QED) is 0.324. The molecule has 0 N–H and O–H groups in total. The lowest BCUT2D eigenvalue weighted by molar-refractivity contribution is -0.384. The van der Waals surface area contributed by atoms with Crippen molar-refractivity contribution in [2.24, 2.45) is 0 Å². The fourth-order valence-electron chi connectivity index (χ4n) is 2.96. The number of aromatic nitrogens is 3. The van der Waals surface area contributed by atoms with Crippen LogP contribution in [0.4, 0.5) is 11.4 Å². The molecule has 1 fully saturated rings. The van der Waals surface area contributed by atoms with Crippen LogP contribution in [0.15, 0.2) is 37.2 Å². The third-order valence-electron chi connectivity index (χ3n) is 4.30. The molecule has 8 nitrogen and oxygen atoms in total. The van der Waals surface area contributed by atoms with Crippen molar-refractivity contribution in [2.75, 3.05) is 31.1 Å². The molecule has 2 heterocycles. The van der Waals surface area contributed by atoms with E-state index in [4.69, 9.17) is 23.8 Å². The van der Waals surface area contributed by atoms with Gasteiger partial charge in [0.25, 0.3) is 5.69 Å². The normalized spacial score (nSPS) is 15.2. The summed E-state index contributed by atoms with van der Waals surface area (Å²) in [7, 11) is 0. The number of halogens is 1. The van der Waals surface area contributed by atoms with E-state index in [9.17, 15) is 10.1 Å². The van der Waals surface area contributed by atoms with Gasteiger partial charge in [0.2, 0.25) is 0 Å². The van der Waals surface area contributed by atoms with Crippen molar-refractivity contribution in [1.82, 2.24) is 19.2 Å². The lowest BCUT2D eigenvalue weighted by Crippen LogP contribution is -2.47. The molecule has 10 heteroatoms. The van der Waals surface area contributed by atoms with Gasteiger partial charge >= 0.3 is 0 Å². The Balaban J connectivity index is 1.66. The van der Waals surface area contributed by atoms with E-state index in [0.717, 1.165) is 13.1 Å². The zero-order valence-electron chi connectivity index (χ0n) is 14.1. The van der Waals surface area contributed by atoms with Gasteiger partial charge in [-0.2, -0.15) is 5.10 Å². The minimum atomic E-state index is -0.390. The number of nitro benzene ring substituents is 1. The summed E-state index contributed by atoms with van der Waals surface area (Å²) in [5.74, 6) is 0. The van der Waals surface area contributed by atoms with Crippen LogP contribution in [-0.2, 0) is 13.2 Å². The van der Waals surface area contributed by atoms with Gasteiger partial charge in [-0.15, -0.1) is 6.58 Å². The fraction of sp³-hybridized carbons (Fsp3) is 0.375. The SMILES string of the molecule is C=CCn1cnn(CN2CCN(c3ccc(Cl)cc3[N+](=O)[O-])CC2)c1=S. The second-order valence-corrected chi connectivity index (χ2v) is 6.79. The number of anilines is 1. The van der Waals surface area contributed by atoms with Crippen molar-refractivity contribution in [3.8, 4) is 0 Å². The van der Waals surface area contributed by atoms with E-state index in [1.165, 1.54) is 6.07 Å². The number of nitro groups is 1. The van der Waals surface area contributed by atoms with E-state index >= 15 is 0 Å². The van der Waals surface area contributed by atoms with Crippen molar-refractivity contribution in [3.05, 3.63) is 57.1 Å². The first-order valence-electron chi connectivity index (χ1n) is 8.14. The van der Waals surface area contributed by atoms with Crippen molar-refractivity contribution < 1.29 is 4.92 Å². The molecular weight excluding hydrogens is 376 g/mol. The van der Waals surface area contributed by atoms with Crippen LogP contribution in [0.3, 0.4) is 0 Å². The number of piperazine rings is 1. The predicted octanol–water partition coefficient (Wildman–Crippen LogP) is 2.94. The molecule has 2 aromatic rings. The Hall–Kier alpha value is -2.23. The standard InChI is InChI=1S/C16H19ClN6O2S/c1-2-5-21-11-18-22(16(21)26)12-19-6-8-20(9-7-19)14-4-3-13(17)10-15(14)23(24)25/h2-4,10-11H,1,5-9,12H2. The Morgan fingerprint density at radius 2 is 2.08 bits per heavy atom. The number of benzene rings is 1. The van der Waals surface area contributed by atoms with Crippen LogP contribution < -0.4 is 4.90 Å². The molecule has 1 aliphatic rings. The largest absolute Gasteiger partial charge is 0.363 e. The van der Waals surface area contributed by atoms with Crippen LogP contribution in [-0.4, -0.2) is 50.3 Å². The molecular formula is C16H19ClN6O2S. The van der Waals surface area contributed by atoms with Gasteiger partial charge in [-0.05, 0) is 24.4 Å². The van der Waals surface area contributed by atoms with Crippen LogP contribution in [0.2, 0.25) is 5.02 Å². The van der Waals surface area contributed by atoms with Gasteiger partial charge in [-0.3, -0.25) is 15.0 Å². The molecule has 0 saturated carbocycles. The second-order valence-electron chi connectivity index (χ2n) is 5.99. The molecule has 138 valence electrons. The molecule has 0 spiro atoms. The first-order chi connectivity index (χ1) is 12.5. The third kappa shape index (κ3) is 3.95. The minimum Gasteiger partial charge on any atom is -0.363 e. The summed E-state index contributed by atoms with van der Waals surface area (Å²) < 4.78 is 4.29. The highest BCUT2D eigenvalue weighted by Gasteiger charge is 2.24. The molecule has 0 amide bonds. The van der Waals surface area contributed by atoms with Crippen molar-refractivity contribution >= 4 is 35.2 Å². The molecule has 1 saturated heterocycles. The molecule has 3 rings (SSSR count). The van der Waals surface area contributed by atoms with Crippen LogP contribution in [0, 0.1) is 14.9 Å². The van der Waals surface area contributed by atoms with E-state index in [1.807, 2.05) is 9.47 Å². The van der Waals surface area contributed by atoms with Crippen molar-refractivity contribution in [3.63, 3.8) is 0 Å². The molecule has 1 aliphatic heterocycles. The molecule has 0 atom stereocenters. The van der Waals surface area contributed by atoms with E-state index in [2.05, 4.69) is 16.6 Å². The lowest BCUT2D eigenvalue weighted by atomic mass is 10.2. The van der Waals surface area contributed by atoms with Gasteiger partial charge in [0.15, 0.2) is 4.77 Å². The maximum atomic E-state index is 11.3. The molecule has 0 bridgehead atoms. The summed E-state index contributed by atoms with van der Waals surface area (Å²) in [6, 6.07) is 4.79. The minimum absolute atomic E-state index is 0.0383. The van der Waals surface area contributed by atoms with E-state index in [-0.39, 0.29) is 10.6 Å². The molecule has 0 radical (unpaired) electrons. The summed E-state index contributed by atoms with van der Waals surface area (Å²) in [6.07, 6.45) is 3.48. The fourth-order valence-corrected chi connectivity index (χ4v) is 3.36. The second kappa shape index (κ2) is 7.98. The van der Waals surface area contributed by atoms with Crippen LogP contribution in [0.5, 0.6) is 0 Å². The molecule has 0 unspecified atom stereocenters. The maximum Gasteiger partial charge on any atom is 0.294 e. The van der Waals surface area contributed by atoms with Gasteiger partial charge < -0.3 is 9.47 Å². The zero-order chi connectivity index (χ0) is 18.7. The summed E-state index contributed by atoms with van der Waals surface area (Å²) in [4.78, 5) is 15.1. The van der Waals surface area contributed by atoms with Gasteiger partial charge in [-0.1, -0.05) is 17.7 Å². The van der Waals surface area contributed by atoms with E-state index < -0.39 is 0 Å². The van der Waals surface area contributed by atoms with Gasteiger partial charge in [-0.25, -0.2) is 4.68 Å². The number of rotatable bonds is 6. The average Bonchev–Trinajstić information content (AvgIpc) is 2.96. The van der Waals surface area contributed by atoms with Crippen molar-refractivity contribution in [1.29, 1.82) is 0 Å². The third-order valence-corrected chi connectivity index (χ3v) is 4.98. The number of nitrogens with zero attached hydrogens (tertiary/aromatic N) is 6. The number of allylic oxidation sites excluding steroid dienone is 1. The number of hydrogen-bond donors (Lipinski definition) is 0. The molecule has 1 aromatic carbocycles. The summed E-state index contributed by atoms with van der Waals surface area (Å²) in [5, 5.41) is 16.0. The maximum absolute atomic E-state index is 11.3. The van der Waals surface area contributed by atoms with Gasteiger partial charge in [0.05, 0.1) is 11.6 Å². The summed E-state index contributed by atoms with van der Waals surface area (Å²) in [5.41, 5.74) is 0.641. The van der Waals surface area contributed by atoms with Crippen LogP contribution in [0.25, 0.3) is 0 Å². The highest BCUT2D eigenvalue weighted by Crippen LogP contribution is 2.31. The lowest BCUT2D eigenvalue weighted by Gasteiger charge is -2.35. The summed E-state index contributed by atoms with van der Waals surface area (Å²) in [6.45, 7) is 7.82. The zero-order valence-corrected chi connectivity index (χ0v) is 15.7. The average molecular weight is 395 g/mol. The number of hydrogen-bond acceptors (Lipinski definition) is 6. The van der Waals surface area contributed by atoms with E-state index in [1.54, 1.807) is 29.2 Å².